The molecule has 7 rings (SSSR count). The van der Waals surface area contributed by atoms with Crippen molar-refractivity contribution in [3.8, 4) is 17.3 Å². The number of hydrogen-bond donors (Lipinski definition) is 1. The molecule has 3 aliphatic heterocycles. The minimum absolute atomic E-state index is 0.0132. The lowest BCUT2D eigenvalue weighted by Gasteiger charge is -2.47. The molecule has 0 radical (unpaired) electrons. The molecule has 0 atom stereocenters. The molecule has 1 amide bonds. The fourth-order valence-electron chi connectivity index (χ4n) is 6.73. The van der Waals surface area contributed by atoms with Crippen molar-refractivity contribution in [1.82, 2.24) is 24.5 Å². The molecule has 6 heterocycles. The predicted molar refractivity (Wildman–Crippen MR) is 147 cm³/mol. The molecule has 3 aliphatic rings. The average molecular weight is 507 g/mol. The number of fused-ring (bicyclic) bond motifs is 2. The fraction of sp³-hybridized carbons (Fsp3) is 0.379. The number of nitriles is 1. The second-order valence-electron chi connectivity index (χ2n) is 11.0. The third-order valence-corrected chi connectivity index (χ3v) is 8.66. The summed E-state index contributed by atoms with van der Waals surface area (Å²) in [4.78, 5) is 23.8. The van der Waals surface area contributed by atoms with Gasteiger partial charge in [0.05, 0.1) is 23.1 Å². The van der Waals surface area contributed by atoms with E-state index in [2.05, 4.69) is 62.3 Å². The third kappa shape index (κ3) is 3.26. The monoisotopic (exact) mass is 506 g/mol. The van der Waals surface area contributed by atoms with E-state index in [9.17, 15) is 10.1 Å². The number of aromatic amines is 1. The van der Waals surface area contributed by atoms with E-state index >= 15 is 0 Å². The Hall–Kier alpha value is -4.32. The molecular weight excluding hydrogens is 476 g/mol. The Morgan fingerprint density at radius 1 is 1.16 bits per heavy atom. The van der Waals surface area contributed by atoms with E-state index < -0.39 is 0 Å². The number of hydrogen-bond acceptors (Lipinski definition) is 6. The summed E-state index contributed by atoms with van der Waals surface area (Å²) in [6, 6.07) is 8.81. The van der Waals surface area contributed by atoms with Crippen LogP contribution >= 0.6 is 0 Å². The van der Waals surface area contributed by atoms with Crippen LogP contribution in [0.1, 0.15) is 30.4 Å². The largest absolute Gasteiger partial charge is 0.368 e. The van der Waals surface area contributed by atoms with Crippen LogP contribution in [0.4, 0.5) is 11.5 Å². The summed E-state index contributed by atoms with van der Waals surface area (Å²) in [5.41, 5.74) is 6.51. The number of rotatable bonds is 4. The normalized spacial score (nSPS) is 18.5. The van der Waals surface area contributed by atoms with Gasteiger partial charge in [0.25, 0.3) is 0 Å². The second kappa shape index (κ2) is 8.35. The van der Waals surface area contributed by atoms with Gasteiger partial charge < -0.3 is 14.7 Å². The average Bonchev–Trinajstić information content (AvgIpc) is 3.71. The van der Waals surface area contributed by atoms with Crippen molar-refractivity contribution in [2.75, 3.05) is 49.1 Å². The van der Waals surface area contributed by atoms with Crippen molar-refractivity contribution in [1.29, 1.82) is 5.26 Å². The Bertz CT molecular complexity index is 1640. The topological polar surface area (TPSA) is 96.6 Å². The summed E-state index contributed by atoms with van der Waals surface area (Å²) in [5.74, 6) is 0.722. The van der Waals surface area contributed by atoms with Gasteiger partial charge in [0.15, 0.2) is 11.5 Å². The molecule has 192 valence electrons. The summed E-state index contributed by atoms with van der Waals surface area (Å²) in [7, 11) is 0. The first-order chi connectivity index (χ1) is 18.5. The molecule has 3 saturated heterocycles. The molecule has 3 aromatic heterocycles. The lowest BCUT2D eigenvalue weighted by Crippen LogP contribution is -2.59. The van der Waals surface area contributed by atoms with Crippen LogP contribution in [0.3, 0.4) is 0 Å². The summed E-state index contributed by atoms with van der Waals surface area (Å²) in [6.07, 6.45) is 8.62. The Morgan fingerprint density at radius 3 is 2.74 bits per heavy atom. The Labute approximate surface area is 221 Å². The lowest BCUT2D eigenvalue weighted by atomic mass is 9.79. The van der Waals surface area contributed by atoms with Crippen LogP contribution in [0.5, 0.6) is 0 Å². The standard InChI is InChI=1S/C29H30N8O/c1-3-24(38)36-17-29(18-36)9-13-35(16-29)27-20(14-30)26(25-19(2)6-7-22-21(25)15-31-33-22)37-12-8-23(28(37)32-27)34-10-4-5-11-34/h3,6-8,12,15H,1,4-5,9-11,13,16-18H2,2H3,(H,31,33). The smallest absolute Gasteiger partial charge is 0.245 e. The molecule has 1 spiro atoms. The first-order valence-electron chi connectivity index (χ1n) is 13.3. The number of aryl methyl sites for hydroxylation is 1. The third-order valence-electron chi connectivity index (χ3n) is 8.66. The van der Waals surface area contributed by atoms with Gasteiger partial charge in [0.1, 0.15) is 11.6 Å². The van der Waals surface area contributed by atoms with Gasteiger partial charge in [-0.3, -0.25) is 14.3 Å². The van der Waals surface area contributed by atoms with Gasteiger partial charge in [-0.15, -0.1) is 0 Å². The second-order valence-corrected chi connectivity index (χ2v) is 11.0. The summed E-state index contributed by atoms with van der Waals surface area (Å²) in [5, 5.41) is 19.0. The van der Waals surface area contributed by atoms with Gasteiger partial charge >= 0.3 is 0 Å². The van der Waals surface area contributed by atoms with E-state index in [-0.39, 0.29) is 11.3 Å². The molecule has 0 saturated carbocycles. The predicted octanol–water partition coefficient (Wildman–Crippen LogP) is 3.88. The van der Waals surface area contributed by atoms with Crippen LogP contribution in [0.25, 0.3) is 27.8 Å². The van der Waals surface area contributed by atoms with E-state index in [4.69, 9.17) is 4.98 Å². The number of amides is 1. The highest BCUT2D eigenvalue weighted by atomic mass is 16.2. The molecule has 38 heavy (non-hydrogen) atoms. The number of nitrogens with zero attached hydrogens (tertiary/aromatic N) is 7. The van der Waals surface area contributed by atoms with E-state index in [0.29, 0.717) is 5.56 Å². The maximum Gasteiger partial charge on any atom is 0.245 e. The zero-order valence-corrected chi connectivity index (χ0v) is 21.6. The van der Waals surface area contributed by atoms with Crippen molar-refractivity contribution in [3.63, 3.8) is 0 Å². The molecular formula is C29H30N8O. The minimum atomic E-state index is -0.0132. The highest BCUT2D eigenvalue weighted by molar-refractivity contribution is 5.98. The molecule has 9 heteroatoms. The van der Waals surface area contributed by atoms with Crippen LogP contribution in [0.15, 0.2) is 43.2 Å². The number of carbonyl (C=O) groups excluding carboxylic acids is 1. The van der Waals surface area contributed by atoms with E-state index in [1.54, 1.807) is 0 Å². The van der Waals surface area contributed by atoms with Crippen molar-refractivity contribution < 1.29 is 4.79 Å². The molecule has 0 unspecified atom stereocenters. The Kier molecular flexibility index (Phi) is 5.02. The number of H-pyrrole nitrogens is 1. The van der Waals surface area contributed by atoms with Crippen LogP contribution in [0.2, 0.25) is 0 Å². The fourth-order valence-corrected chi connectivity index (χ4v) is 6.73. The highest BCUT2D eigenvalue weighted by Crippen LogP contribution is 2.44. The molecule has 1 aromatic carbocycles. The first-order valence-corrected chi connectivity index (χ1v) is 13.3. The van der Waals surface area contributed by atoms with E-state index in [0.717, 1.165) is 90.6 Å². The minimum Gasteiger partial charge on any atom is -0.368 e. The van der Waals surface area contributed by atoms with Crippen molar-refractivity contribution in [3.05, 3.63) is 54.4 Å². The van der Waals surface area contributed by atoms with Gasteiger partial charge in [-0.1, -0.05) is 12.6 Å². The van der Waals surface area contributed by atoms with Crippen molar-refractivity contribution in [2.45, 2.75) is 26.2 Å². The van der Waals surface area contributed by atoms with Gasteiger partial charge in [0.2, 0.25) is 5.91 Å². The molecule has 0 aliphatic carbocycles. The molecule has 4 aromatic rings. The van der Waals surface area contributed by atoms with Gasteiger partial charge in [-0.25, -0.2) is 4.98 Å². The SMILES string of the molecule is C=CC(=O)N1CC2(CCN(c3nc4c(N5CCCC5)ccn4c(-c4c(C)ccc5[nH]ncc45)c3C#N)C2)C1. The van der Waals surface area contributed by atoms with Crippen LogP contribution < -0.4 is 9.80 Å². The maximum atomic E-state index is 12.1. The number of carbonyl (C=O) groups is 1. The summed E-state index contributed by atoms with van der Waals surface area (Å²) in [6.45, 7) is 10.8. The molecule has 9 nitrogen and oxygen atoms in total. The van der Waals surface area contributed by atoms with Crippen LogP contribution in [0, 0.1) is 23.7 Å². The summed E-state index contributed by atoms with van der Waals surface area (Å²) >= 11 is 0. The van der Waals surface area contributed by atoms with Gasteiger partial charge in [-0.05, 0) is 50.0 Å². The number of nitrogens with one attached hydrogen (secondary N) is 1. The number of likely N-dealkylation sites (tertiary alicyclic amines) is 1. The summed E-state index contributed by atoms with van der Waals surface area (Å²) < 4.78 is 2.10. The molecule has 3 fully saturated rings. The number of benzene rings is 1. The molecule has 0 bridgehead atoms. The Balaban J connectivity index is 1.41. The maximum absolute atomic E-state index is 12.1. The van der Waals surface area contributed by atoms with Crippen LogP contribution in [-0.4, -0.2) is 69.7 Å². The lowest BCUT2D eigenvalue weighted by molar-refractivity contribution is -0.136. The van der Waals surface area contributed by atoms with Crippen LogP contribution in [-0.2, 0) is 4.79 Å². The Morgan fingerprint density at radius 2 is 1.97 bits per heavy atom. The first kappa shape index (κ1) is 22.8. The highest BCUT2D eigenvalue weighted by Gasteiger charge is 2.49. The zero-order valence-electron chi connectivity index (χ0n) is 21.6. The van der Waals surface area contributed by atoms with Crippen molar-refractivity contribution >= 4 is 34.0 Å². The zero-order chi connectivity index (χ0) is 26.0. The number of anilines is 2. The van der Waals surface area contributed by atoms with Crippen molar-refractivity contribution in [2.24, 2.45) is 5.41 Å². The van der Waals surface area contributed by atoms with Gasteiger partial charge in [0, 0.05) is 61.8 Å². The van der Waals surface area contributed by atoms with E-state index in [1.165, 1.54) is 18.9 Å². The van der Waals surface area contributed by atoms with E-state index in [1.807, 2.05) is 17.2 Å². The quantitative estimate of drug-likeness (QED) is 0.422. The number of aromatic nitrogens is 4. The van der Waals surface area contributed by atoms with Gasteiger partial charge in [-0.2, -0.15) is 10.4 Å². The molecule has 1 N–H and O–H groups in total.